The molecule has 0 radical (unpaired) electrons. The third kappa shape index (κ3) is 3.43. The van der Waals surface area contributed by atoms with Gasteiger partial charge in [-0.05, 0) is 51.4 Å². The minimum atomic E-state index is -0.320. The van der Waals surface area contributed by atoms with Gasteiger partial charge in [0.05, 0.1) is 12.3 Å². The van der Waals surface area contributed by atoms with Crippen LogP contribution in [0.5, 0.6) is 0 Å². The highest BCUT2D eigenvalue weighted by Gasteiger charge is 2.30. The van der Waals surface area contributed by atoms with Crippen LogP contribution in [0.3, 0.4) is 0 Å². The predicted octanol–water partition coefficient (Wildman–Crippen LogP) is 3.49. The Morgan fingerprint density at radius 3 is 2.92 bits per heavy atom. The molecule has 5 nitrogen and oxygen atoms in total. The van der Waals surface area contributed by atoms with Gasteiger partial charge in [-0.2, -0.15) is 0 Å². The van der Waals surface area contributed by atoms with Crippen LogP contribution >= 0.6 is 0 Å². The number of aromatic nitrogens is 1. The molecule has 130 valence electrons. The summed E-state index contributed by atoms with van der Waals surface area (Å²) < 4.78 is 23.7. The summed E-state index contributed by atoms with van der Waals surface area (Å²) in [5.74, 6) is -0.205. The van der Waals surface area contributed by atoms with E-state index in [0.717, 1.165) is 43.4 Å². The third-order valence-corrected chi connectivity index (χ3v) is 4.72. The number of fused-ring (bicyclic) bond motifs is 1. The van der Waals surface area contributed by atoms with Crippen LogP contribution < -0.4 is 0 Å². The SMILES string of the molecule is CCCOC(=O)C(C)N1CCC(c2noc3cc(F)ccc23)CC1. The van der Waals surface area contributed by atoms with Crippen molar-refractivity contribution >= 4 is 16.9 Å². The van der Waals surface area contributed by atoms with E-state index in [-0.39, 0.29) is 23.7 Å². The van der Waals surface area contributed by atoms with Crippen molar-refractivity contribution in [2.45, 2.75) is 45.1 Å². The van der Waals surface area contributed by atoms with Crippen molar-refractivity contribution in [3.63, 3.8) is 0 Å². The van der Waals surface area contributed by atoms with E-state index in [9.17, 15) is 9.18 Å². The van der Waals surface area contributed by atoms with Crippen LogP contribution in [0.4, 0.5) is 4.39 Å². The van der Waals surface area contributed by atoms with E-state index < -0.39 is 0 Å². The largest absolute Gasteiger partial charge is 0.465 e. The van der Waals surface area contributed by atoms with Gasteiger partial charge >= 0.3 is 5.97 Å². The van der Waals surface area contributed by atoms with E-state index in [1.807, 2.05) is 13.8 Å². The standard InChI is InChI=1S/C18H23FN2O3/c1-3-10-23-18(22)12(2)21-8-6-13(7-9-21)17-15-5-4-14(19)11-16(15)24-20-17/h4-5,11-13H,3,6-10H2,1-2H3. The fourth-order valence-electron chi connectivity index (χ4n) is 3.26. The van der Waals surface area contributed by atoms with Crippen molar-refractivity contribution in [2.75, 3.05) is 19.7 Å². The van der Waals surface area contributed by atoms with Gasteiger partial charge < -0.3 is 9.26 Å². The number of esters is 1. The Hall–Kier alpha value is -1.95. The first-order chi connectivity index (χ1) is 11.6. The van der Waals surface area contributed by atoms with Gasteiger partial charge in [-0.3, -0.25) is 9.69 Å². The molecule has 0 N–H and O–H groups in total. The number of likely N-dealkylation sites (tertiary alicyclic amines) is 1. The molecule has 1 aromatic heterocycles. The van der Waals surface area contributed by atoms with Gasteiger partial charge in [0.15, 0.2) is 5.58 Å². The highest BCUT2D eigenvalue weighted by Crippen LogP contribution is 2.33. The van der Waals surface area contributed by atoms with Crippen LogP contribution in [-0.4, -0.2) is 41.8 Å². The van der Waals surface area contributed by atoms with Gasteiger partial charge in [0.2, 0.25) is 0 Å². The van der Waals surface area contributed by atoms with E-state index in [0.29, 0.717) is 12.2 Å². The van der Waals surface area contributed by atoms with Crippen LogP contribution in [0.25, 0.3) is 11.0 Å². The fraction of sp³-hybridized carbons (Fsp3) is 0.556. The number of carbonyl (C=O) groups is 1. The molecular formula is C18H23FN2O3. The van der Waals surface area contributed by atoms with E-state index in [1.54, 1.807) is 6.07 Å². The minimum Gasteiger partial charge on any atom is -0.465 e. The van der Waals surface area contributed by atoms with Gasteiger partial charge in [0.25, 0.3) is 0 Å². The average molecular weight is 334 g/mol. The second-order valence-corrected chi connectivity index (χ2v) is 6.36. The quantitative estimate of drug-likeness (QED) is 0.784. The monoisotopic (exact) mass is 334 g/mol. The summed E-state index contributed by atoms with van der Waals surface area (Å²) in [6.07, 6.45) is 2.62. The summed E-state index contributed by atoms with van der Waals surface area (Å²) in [6, 6.07) is 4.31. The predicted molar refractivity (Wildman–Crippen MR) is 88.2 cm³/mol. The molecule has 0 bridgehead atoms. The number of carbonyl (C=O) groups excluding carboxylic acids is 1. The average Bonchev–Trinajstić information content (AvgIpc) is 3.02. The fourth-order valence-corrected chi connectivity index (χ4v) is 3.26. The molecule has 1 unspecified atom stereocenters. The molecule has 2 aromatic rings. The molecule has 0 spiro atoms. The van der Waals surface area contributed by atoms with Crippen molar-refractivity contribution in [1.29, 1.82) is 0 Å². The van der Waals surface area contributed by atoms with E-state index in [1.165, 1.54) is 12.1 Å². The van der Waals surface area contributed by atoms with Crippen molar-refractivity contribution in [3.8, 4) is 0 Å². The molecule has 1 saturated heterocycles. The first-order valence-corrected chi connectivity index (χ1v) is 8.55. The van der Waals surface area contributed by atoms with E-state index in [2.05, 4.69) is 10.1 Å². The number of benzene rings is 1. The maximum Gasteiger partial charge on any atom is 0.323 e. The summed E-state index contributed by atoms with van der Waals surface area (Å²) in [5.41, 5.74) is 1.38. The molecule has 0 aliphatic carbocycles. The lowest BCUT2D eigenvalue weighted by molar-refractivity contribution is -0.149. The van der Waals surface area contributed by atoms with Gasteiger partial charge in [-0.15, -0.1) is 0 Å². The minimum absolute atomic E-state index is 0.155. The molecule has 1 aliphatic rings. The van der Waals surface area contributed by atoms with Crippen molar-refractivity contribution < 1.29 is 18.4 Å². The van der Waals surface area contributed by atoms with Crippen molar-refractivity contribution in [1.82, 2.24) is 10.1 Å². The second kappa shape index (κ2) is 7.30. The summed E-state index contributed by atoms with van der Waals surface area (Å²) in [6.45, 7) is 5.97. The normalized spacial score (nSPS) is 18.0. The lowest BCUT2D eigenvalue weighted by Gasteiger charge is -2.34. The van der Waals surface area contributed by atoms with E-state index in [4.69, 9.17) is 9.26 Å². The molecule has 1 aromatic carbocycles. The highest BCUT2D eigenvalue weighted by molar-refractivity contribution is 5.80. The molecule has 24 heavy (non-hydrogen) atoms. The smallest absolute Gasteiger partial charge is 0.323 e. The molecule has 0 saturated carbocycles. The Morgan fingerprint density at radius 2 is 2.21 bits per heavy atom. The summed E-state index contributed by atoms with van der Waals surface area (Å²) in [5, 5.41) is 5.03. The summed E-state index contributed by atoms with van der Waals surface area (Å²) >= 11 is 0. The Bertz CT molecular complexity index is 707. The Balaban J connectivity index is 1.63. The van der Waals surface area contributed by atoms with Crippen LogP contribution in [0, 0.1) is 5.82 Å². The first kappa shape index (κ1) is 16.9. The van der Waals surface area contributed by atoms with Crippen LogP contribution in [0.1, 0.15) is 44.7 Å². The number of piperidine rings is 1. The Labute approximate surface area is 140 Å². The lowest BCUT2D eigenvalue weighted by Crippen LogP contribution is -2.44. The Kier molecular flexibility index (Phi) is 5.14. The molecule has 1 aliphatic heterocycles. The molecule has 0 amide bonds. The molecule has 1 atom stereocenters. The van der Waals surface area contributed by atoms with Crippen LogP contribution in [0.15, 0.2) is 22.7 Å². The molecule has 3 rings (SSSR count). The molecule has 1 fully saturated rings. The Morgan fingerprint density at radius 1 is 1.46 bits per heavy atom. The van der Waals surface area contributed by atoms with Crippen LogP contribution in [-0.2, 0) is 9.53 Å². The topological polar surface area (TPSA) is 55.6 Å². The molecular weight excluding hydrogens is 311 g/mol. The highest BCUT2D eigenvalue weighted by atomic mass is 19.1. The molecule has 2 heterocycles. The van der Waals surface area contributed by atoms with Gasteiger partial charge in [0, 0.05) is 17.4 Å². The van der Waals surface area contributed by atoms with Gasteiger partial charge in [0.1, 0.15) is 11.9 Å². The number of nitrogens with zero attached hydrogens (tertiary/aromatic N) is 2. The van der Waals surface area contributed by atoms with Crippen LogP contribution in [0.2, 0.25) is 0 Å². The van der Waals surface area contributed by atoms with Gasteiger partial charge in [-0.25, -0.2) is 4.39 Å². The maximum absolute atomic E-state index is 13.3. The maximum atomic E-state index is 13.3. The molecule has 6 heteroatoms. The summed E-state index contributed by atoms with van der Waals surface area (Å²) in [4.78, 5) is 14.1. The van der Waals surface area contributed by atoms with E-state index >= 15 is 0 Å². The zero-order chi connectivity index (χ0) is 17.1. The third-order valence-electron chi connectivity index (χ3n) is 4.72. The lowest BCUT2D eigenvalue weighted by atomic mass is 9.91. The second-order valence-electron chi connectivity index (χ2n) is 6.36. The number of hydrogen-bond donors (Lipinski definition) is 0. The van der Waals surface area contributed by atoms with Crippen molar-refractivity contribution in [2.24, 2.45) is 0 Å². The number of ether oxygens (including phenoxy) is 1. The summed E-state index contributed by atoms with van der Waals surface area (Å²) in [7, 11) is 0. The van der Waals surface area contributed by atoms with Crippen molar-refractivity contribution in [3.05, 3.63) is 29.7 Å². The number of hydrogen-bond acceptors (Lipinski definition) is 5. The number of rotatable bonds is 5. The first-order valence-electron chi connectivity index (χ1n) is 8.55. The van der Waals surface area contributed by atoms with Gasteiger partial charge in [-0.1, -0.05) is 12.1 Å². The zero-order valence-corrected chi connectivity index (χ0v) is 14.1. The zero-order valence-electron chi connectivity index (χ0n) is 14.1. The number of halogens is 1.